The third-order valence-electron chi connectivity index (χ3n) is 6.64. The number of rotatable bonds is 4. The molecule has 0 aliphatic carbocycles. The van der Waals surface area contributed by atoms with Crippen LogP contribution in [0.15, 0.2) is 53.6 Å². The lowest BCUT2D eigenvalue weighted by Gasteiger charge is -2.36. The summed E-state index contributed by atoms with van der Waals surface area (Å²) in [6.07, 6.45) is 5.01. The number of hydrogen-bond donors (Lipinski definition) is 0. The highest BCUT2D eigenvalue weighted by Gasteiger charge is 2.25. The lowest BCUT2D eigenvalue weighted by atomic mass is 9.96. The molecule has 1 amide bonds. The second kappa shape index (κ2) is 9.22. The molecule has 1 aliphatic heterocycles. The van der Waals surface area contributed by atoms with Crippen LogP contribution in [0.25, 0.3) is 17.3 Å². The average molecular weight is 486 g/mol. The highest BCUT2D eigenvalue weighted by molar-refractivity contribution is 5.92. The van der Waals surface area contributed by atoms with E-state index in [-0.39, 0.29) is 11.3 Å². The molecule has 9 heteroatoms. The van der Waals surface area contributed by atoms with Gasteiger partial charge < -0.3 is 14.3 Å². The van der Waals surface area contributed by atoms with Crippen LogP contribution in [-0.4, -0.2) is 61.7 Å². The van der Waals surface area contributed by atoms with Crippen molar-refractivity contribution in [2.24, 2.45) is 0 Å². The minimum absolute atomic E-state index is 0.0720. The summed E-state index contributed by atoms with van der Waals surface area (Å²) in [6.45, 7) is 13.3. The van der Waals surface area contributed by atoms with Crippen LogP contribution in [0.3, 0.4) is 0 Å². The van der Waals surface area contributed by atoms with Gasteiger partial charge in [0.25, 0.3) is 11.8 Å². The Balaban J connectivity index is 1.28. The molecule has 3 aromatic heterocycles. The maximum atomic E-state index is 13.2. The SMILES string of the molecule is Cc1cccc(N2CCN(C(=O)c3cn(-c4cc(-c5nc(C(C)(C)C)no5)ccn4)cn3)CC2)c1C. The van der Waals surface area contributed by atoms with E-state index in [1.807, 2.05) is 37.8 Å². The Kier molecular flexibility index (Phi) is 6.07. The molecule has 9 nitrogen and oxygen atoms in total. The van der Waals surface area contributed by atoms with Gasteiger partial charge in [-0.3, -0.25) is 9.36 Å². The number of anilines is 1. The molecule has 36 heavy (non-hydrogen) atoms. The van der Waals surface area contributed by atoms with Crippen LogP contribution >= 0.6 is 0 Å². The van der Waals surface area contributed by atoms with E-state index >= 15 is 0 Å². The van der Waals surface area contributed by atoms with E-state index in [0.29, 0.717) is 36.3 Å². The zero-order chi connectivity index (χ0) is 25.4. The average Bonchev–Trinajstić information content (AvgIpc) is 3.56. The molecule has 0 unspecified atom stereocenters. The summed E-state index contributed by atoms with van der Waals surface area (Å²) in [5.41, 5.74) is 4.76. The number of imidazole rings is 1. The zero-order valence-electron chi connectivity index (χ0n) is 21.4. The predicted octanol–water partition coefficient (Wildman–Crippen LogP) is 4.19. The van der Waals surface area contributed by atoms with Crippen LogP contribution in [0.5, 0.6) is 0 Å². The standard InChI is InChI=1S/C27H31N7O2/c1-18-7-6-8-22(19(18)2)32-11-13-33(14-12-32)25(35)21-16-34(17-29-21)23-15-20(9-10-28-23)24-30-26(31-36-24)27(3,4)5/h6-10,15-17H,11-14H2,1-5H3. The van der Waals surface area contributed by atoms with Gasteiger partial charge in [-0.15, -0.1) is 0 Å². The van der Waals surface area contributed by atoms with E-state index < -0.39 is 0 Å². The van der Waals surface area contributed by atoms with Gasteiger partial charge in [0.2, 0.25) is 0 Å². The lowest BCUT2D eigenvalue weighted by molar-refractivity contribution is 0.0741. The fourth-order valence-electron chi connectivity index (χ4n) is 4.29. The van der Waals surface area contributed by atoms with Gasteiger partial charge in [-0.05, 0) is 43.2 Å². The monoisotopic (exact) mass is 485 g/mol. The van der Waals surface area contributed by atoms with Crippen LogP contribution in [-0.2, 0) is 5.41 Å². The second-order valence-corrected chi connectivity index (χ2v) is 10.2. The van der Waals surface area contributed by atoms with Crippen LogP contribution in [0, 0.1) is 13.8 Å². The molecule has 4 heterocycles. The van der Waals surface area contributed by atoms with Crippen molar-refractivity contribution in [1.82, 2.24) is 29.6 Å². The number of hydrogen-bond acceptors (Lipinski definition) is 7. The van der Waals surface area contributed by atoms with E-state index in [1.54, 1.807) is 23.3 Å². The second-order valence-electron chi connectivity index (χ2n) is 10.2. The highest BCUT2D eigenvalue weighted by atomic mass is 16.5. The summed E-state index contributed by atoms with van der Waals surface area (Å²) in [6, 6.07) is 10.0. The first kappa shape index (κ1) is 23.7. The summed E-state index contributed by atoms with van der Waals surface area (Å²) in [7, 11) is 0. The number of pyridine rings is 1. The summed E-state index contributed by atoms with van der Waals surface area (Å²) in [5, 5.41) is 4.10. The van der Waals surface area contributed by atoms with Crippen LogP contribution < -0.4 is 4.90 Å². The Hall–Kier alpha value is -4.01. The van der Waals surface area contributed by atoms with Gasteiger partial charge in [0.1, 0.15) is 17.8 Å². The van der Waals surface area contributed by atoms with Crippen molar-refractivity contribution in [3.8, 4) is 17.3 Å². The third-order valence-corrected chi connectivity index (χ3v) is 6.64. The molecule has 1 fully saturated rings. The number of benzene rings is 1. The number of carbonyl (C=O) groups excluding carboxylic acids is 1. The normalized spacial score (nSPS) is 14.4. The van der Waals surface area contributed by atoms with Crippen molar-refractivity contribution >= 4 is 11.6 Å². The molecule has 0 radical (unpaired) electrons. The number of piperazine rings is 1. The van der Waals surface area contributed by atoms with Gasteiger partial charge >= 0.3 is 0 Å². The number of aromatic nitrogens is 5. The Morgan fingerprint density at radius 3 is 2.53 bits per heavy atom. The Morgan fingerprint density at radius 1 is 1.03 bits per heavy atom. The highest BCUT2D eigenvalue weighted by Crippen LogP contribution is 2.26. The van der Waals surface area contributed by atoms with Crippen LogP contribution in [0.4, 0.5) is 5.69 Å². The van der Waals surface area contributed by atoms with Gasteiger partial charge in [-0.1, -0.05) is 38.1 Å². The quantitative estimate of drug-likeness (QED) is 0.428. The molecule has 5 rings (SSSR count). The lowest BCUT2D eigenvalue weighted by Crippen LogP contribution is -2.49. The molecule has 1 aliphatic rings. The molecule has 4 aromatic rings. The summed E-state index contributed by atoms with van der Waals surface area (Å²) < 4.78 is 7.21. The zero-order valence-corrected chi connectivity index (χ0v) is 21.4. The fourth-order valence-corrected chi connectivity index (χ4v) is 4.29. The van der Waals surface area contributed by atoms with E-state index in [1.165, 1.54) is 16.8 Å². The van der Waals surface area contributed by atoms with Crippen LogP contribution in [0.1, 0.15) is 48.2 Å². The van der Waals surface area contributed by atoms with Gasteiger partial charge in [-0.2, -0.15) is 4.98 Å². The molecule has 1 aromatic carbocycles. The first-order valence-corrected chi connectivity index (χ1v) is 12.2. The summed E-state index contributed by atoms with van der Waals surface area (Å²) >= 11 is 0. The topological polar surface area (TPSA) is 93.2 Å². The molecule has 1 saturated heterocycles. The van der Waals surface area contributed by atoms with E-state index in [2.05, 4.69) is 57.1 Å². The summed E-state index contributed by atoms with van der Waals surface area (Å²) in [5.74, 6) is 1.62. The van der Waals surface area contributed by atoms with Gasteiger partial charge in [0, 0.05) is 55.2 Å². The van der Waals surface area contributed by atoms with Gasteiger partial charge in [-0.25, -0.2) is 9.97 Å². The number of carbonyl (C=O) groups is 1. The Labute approximate surface area is 210 Å². The number of aryl methyl sites for hydroxylation is 1. The minimum Gasteiger partial charge on any atom is -0.368 e. The van der Waals surface area contributed by atoms with Crippen molar-refractivity contribution in [2.75, 3.05) is 31.1 Å². The Morgan fingerprint density at radius 2 is 1.81 bits per heavy atom. The molecule has 0 bridgehead atoms. The van der Waals surface area contributed by atoms with Crippen molar-refractivity contribution in [1.29, 1.82) is 0 Å². The molecule has 0 saturated carbocycles. The smallest absolute Gasteiger partial charge is 0.274 e. The molecule has 186 valence electrons. The molecule has 0 atom stereocenters. The molecule has 0 N–H and O–H groups in total. The molecular formula is C27H31N7O2. The number of amides is 1. The fraction of sp³-hybridized carbons (Fsp3) is 0.370. The molecular weight excluding hydrogens is 454 g/mol. The molecule has 0 spiro atoms. The maximum Gasteiger partial charge on any atom is 0.274 e. The summed E-state index contributed by atoms with van der Waals surface area (Å²) in [4.78, 5) is 30.7. The predicted molar refractivity (Wildman–Crippen MR) is 137 cm³/mol. The first-order chi connectivity index (χ1) is 17.2. The van der Waals surface area contributed by atoms with Crippen molar-refractivity contribution in [2.45, 2.75) is 40.0 Å². The van der Waals surface area contributed by atoms with E-state index in [0.717, 1.165) is 18.7 Å². The van der Waals surface area contributed by atoms with Gasteiger partial charge in [0.15, 0.2) is 5.82 Å². The Bertz CT molecular complexity index is 1390. The number of nitrogens with zero attached hydrogens (tertiary/aromatic N) is 7. The van der Waals surface area contributed by atoms with E-state index in [9.17, 15) is 4.79 Å². The van der Waals surface area contributed by atoms with Crippen molar-refractivity contribution < 1.29 is 9.32 Å². The maximum absolute atomic E-state index is 13.2. The van der Waals surface area contributed by atoms with Crippen molar-refractivity contribution in [3.05, 3.63) is 71.7 Å². The van der Waals surface area contributed by atoms with Gasteiger partial charge in [0.05, 0.1) is 0 Å². The minimum atomic E-state index is -0.207. The van der Waals surface area contributed by atoms with Crippen molar-refractivity contribution in [3.63, 3.8) is 0 Å². The van der Waals surface area contributed by atoms with Crippen LogP contribution in [0.2, 0.25) is 0 Å². The third kappa shape index (κ3) is 4.60. The first-order valence-electron chi connectivity index (χ1n) is 12.2. The van der Waals surface area contributed by atoms with E-state index in [4.69, 9.17) is 4.52 Å². The largest absolute Gasteiger partial charge is 0.368 e.